The van der Waals surface area contributed by atoms with Gasteiger partial charge in [-0.25, -0.2) is 0 Å². The molecule has 0 atom stereocenters. The summed E-state index contributed by atoms with van der Waals surface area (Å²) in [5.74, 6) is 2.59. The van der Waals surface area contributed by atoms with Crippen molar-refractivity contribution in [3.8, 4) is 0 Å². The van der Waals surface area contributed by atoms with E-state index in [1.54, 1.807) is 11.8 Å². The van der Waals surface area contributed by atoms with Crippen molar-refractivity contribution in [1.82, 2.24) is 15.0 Å². The zero-order valence-electron chi connectivity index (χ0n) is 11.9. The molecule has 1 aliphatic rings. The second-order valence-corrected chi connectivity index (χ2v) is 5.80. The number of anilines is 2. The summed E-state index contributed by atoms with van der Waals surface area (Å²) >= 11 is 1.73. The standard InChI is InChI=1S/C13H23N5S/c1-3-4-7-10-19-13-16-11(14-2)15-12(17-13)18-8-5-6-9-18/h3-10H2,1-2H3,(H,14,15,16,17). The molecule has 0 amide bonds. The molecular formula is C13H23N5S. The fourth-order valence-corrected chi connectivity index (χ4v) is 2.92. The first-order valence-electron chi connectivity index (χ1n) is 7.15. The minimum Gasteiger partial charge on any atom is -0.357 e. The topological polar surface area (TPSA) is 53.9 Å². The van der Waals surface area contributed by atoms with Crippen LogP contribution in [0.4, 0.5) is 11.9 Å². The van der Waals surface area contributed by atoms with Crippen molar-refractivity contribution in [1.29, 1.82) is 0 Å². The Morgan fingerprint density at radius 3 is 2.63 bits per heavy atom. The van der Waals surface area contributed by atoms with Crippen molar-refractivity contribution in [2.45, 2.75) is 44.2 Å². The van der Waals surface area contributed by atoms with Gasteiger partial charge >= 0.3 is 0 Å². The van der Waals surface area contributed by atoms with Gasteiger partial charge in [-0.2, -0.15) is 15.0 Å². The van der Waals surface area contributed by atoms with E-state index in [0.717, 1.165) is 29.9 Å². The Balaban J connectivity index is 2.02. The first-order valence-corrected chi connectivity index (χ1v) is 8.13. The molecular weight excluding hydrogens is 258 g/mol. The normalized spacial score (nSPS) is 14.9. The first-order chi connectivity index (χ1) is 9.33. The Morgan fingerprint density at radius 2 is 1.95 bits per heavy atom. The summed E-state index contributed by atoms with van der Waals surface area (Å²) in [4.78, 5) is 15.7. The van der Waals surface area contributed by atoms with Crippen molar-refractivity contribution >= 4 is 23.7 Å². The van der Waals surface area contributed by atoms with E-state index in [-0.39, 0.29) is 0 Å². The van der Waals surface area contributed by atoms with Gasteiger partial charge in [0.2, 0.25) is 11.9 Å². The predicted molar refractivity (Wildman–Crippen MR) is 81.1 cm³/mol. The number of nitrogens with one attached hydrogen (secondary N) is 1. The summed E-state index contributed by atoms with van der Waals surface area (Å²) in [6.07, 6.45) is 6.22. The molecule has 5 nitrogen and oxygen atoms in total. The van der Waals surface area contributed by atoms with Gasteiger partial charge in [-0.05, 0) is 19.3 Å². The van der Waals surface area contributed by atoms with Gasteiger partial charge in [0.05, 0.1) is 0 Å². The molecule has 1 aromatic rings. The number of thioether (sulfide) groups is 1. The Bertz CT molecular complexity index is 393. The average molecular weight is 281 g/mol. The van der Waals surface area contributed by atoms with Gasteiger partial charge in [0.15, 0.2) is 5.16 Å². The summed E-state index contributed by atoms with van der Waals surface area (Å²) in [5.41, 5.74) is 0. The molecule has 0 saturated carbocycles. The van der Waals surface area contributed by atoms with E-state index in [2.05, 4.69) is 32.1 Å². The Morgan fingerprint density at radius 1 is 1.16 bits per heavy atom. The summed E-state index contributed by atoms with van der Waals surface area (Å²) in [7, 11) is 1.86. The summed E-state index contributed by atoms with van der Waals surface area (Å²) < 4.78 is 0. The van der Waals surface area contributed by atoms with Crippen molar-refractivity contribution in [3.63, 3.8) is 0 Å². The number of nitrogens with zero attached hydrogens (tertiary/aromatic N) is 4. The van der Waals surface area contributed by atoms with Gasteiger partial charge in [-0.1, -0.05) is 31.5 Å². The van der Waals surface area contributed by atoms with Crippen molar-refractivity contribution in [2.75, 3.05) is 36.1 Å². The number of rotatable bonds is 7. The quantitative estimate of drug-likeness (QED) is 0.612. The van der Waals surface area contributed by atoms with E-state index in [4.69, 9.17) is 0 Å². The molecule has 19 heavy (non-hydrogen) atoms. The summed E-state index contributed by atoms with van der Waals surface area (Å²) in [5, 5.41) is 3.88. The minimum absolute atomic E-state index is 0.676. The lowest BCUT2D eigenvalue weighted by atomic mass is 10.3. The number of hydrogen-bond acceptors (Lipinski definition) is 6. The van der Waals surface area contributed by atoms with Crippen molar-refractivity contribution < 1.29 is 0 Å². The molecule has 2 heterocycles. The SMILES string of the molecule is CCCCCSc1nc(NC)nc(N2CCCC2)n1. The van der Waals surface area contributed by atoms with Gasteiger partial charge < -0.3 is 10.2 Å². The average Bonchev–Trinajstić information content (AvgIpc) is 2.97. The third-order valence-corrected chi connectivity index (χ3v) is 4.13. The number of hydrogen-bond donors (Lipinski definition) is 1. The molecule has 1 fully saturated rings. The monoisotopic (exact) mass is 281 g/mol. The highest BCUT2D eigenvalue weighted by Gasteiger charge is 2.17. The zero-order valence-corrected chi connectivity index (χ0v) is 12.7. The van der Waals surface area contributed by atoms with Gasteiger partial charge in [0.25, 0.3) is 0 Å². The highest BCUT2D eigenvalue weighted by molar-refractivity contribution is 7.99. The fraction of sp³-hybridized carbons (Fsp3) is 0.769. The van der Waals surface area contributed by atoms with Crippen LogP contribution >= 0.6 is 11.8 Å². The molecule has 1 saturated heterocycles. The van der Waals surface area contributed by atoms with Crippen LogP contribution in [0.2, 0.25) is 0 Å². The van der Waals surface area contributed by atoms with Crippen LogP contribution < -0.4 is 10.2 Å². The molecule has 0 aromatic carbocycles. The van der Waals surface area contributed by atoms with E-state index in [0.29, 0.717) is 5.95 Å². The maximum atomic E-state index is 4.59. The third-order valence-electron chi connectivity index (χ3n) is 3.19. The van der Waals surface area contributed by atoms with Crippen molar-refractivity contribution in [3.05, 3.63) is 0 Å². The predicted octanol–water partition coefficient (Wildman–Crippen LogP) is 2.80. The Hall–Kier alpha value is -1.04. The Labute approximate surface area is 119 Å². The molecule has 0 spiro atoms. The van der Waals surface area contributed by atoms with Gasteiger partial charge in [-0.3, -0.25) is 0 Å². The first kappa shape index (κ1) is 14.4. The molecule has 0 bridgehead atoms. The maximum absolute atomic E-state index is 4.59. The van der Waals surface area contributed by atoms with Crippen LogP contribution in [0.25, 0.3) is 0 Å². The van der Waals surface area contributed by atoms with Crippen LogP contribution in [-0.4, -0.2) is 40.8 Å². The lowest BCUT2D eigenvalue weighted by Crippen LogP contribution is -2.21. The van der Waals surface area contributed by atoms with Crippen LogP contribution in [0, 0.1) is 0 Å². The molecule has 2 rings (SSSR count). The lowest BCUT2D eigenvalue weighted by Gasteiger charge is -2.16. The molecule has 6 heteroatoms. The van der Waals surface area contributed by atoms with Gasteiger partial charge in [0.1, 0.15) is 0 Å². The summed E-state index contributed by atoms with van der Waals surface area (Å²) in [6.45, 7) is 4.35. The lowest BCUT2D eigenvalue weighted by molar-refractivity contribution is 0.775. The van der Waals surface area contributed by atoms with Crippen LogP contribution in [0.15, 0.2) is 5.16 Å². The number of aromatic nitrogens is 3. The molecule has 1 N–H and O–H groups in total. The van der Waals surface area contributed by atoms with Crippen LogP contribution in [-0.2, 0) is 0 Å². The second kappa shape index (κ2) is 7.53. The fourth-order valence-electron chi connectivity index (χ4n) is 2.10. The largest absolute Gasteiger partial charge is 0.357 e. The van der Waals surface area contributed by atoms with Crippen molar-refractivity contribution in [2.24, 2.45) is 0 Å². The molecule has 0 radical (unpaired) electrons. The van der Waals surface area contributed by atoms with E-state index in [9.17, 15) is 0 Å². The second-order valence-electron chi connectivity index (χ2n) is 4.74. The zero-order chi connectivity index (χ0) is 13.5. The van der Waals surface area contributed by atoms with Gasteiger partial charge in [-0.15, -0.1) is 0 Å². The highest BCUT2D eigenvalue weighted by atomic mass is 32.2. The molecule has 0 aliphatic carbocycles. The van der Waals surface area contributed by atoms with Crippen LogP contribution in [0.1, 0.15) is 39.0 Å². The van der Waals surface area contributed by atoms with Crippen LogP contribution in [0.5, 0.6) is 0 Å². The molecule has 0 unspecified atom stereocenters. The molecule has 1 aromatic heterocycles. The van der Waals surface area contributed by atoms with E-state index >= 15 is 0 Å². The minimum atomic E-state index is 0.676. The third kappa shape index (κ3) is 4.23. The van der Waals surface area contributed by atoms with Gasteiger partial charge in [0, 0.05) is 25.9 Å². The van der Waals surface area contributed by atoms with E-state index in [1.165, 1.54) is 32.1 Å². The smallest absolute Gasteiger partial charge is 0.231 e. The van der Waals surface area contributed by atoms with E-state index in [1.807, 2.05) is 7.05 Å². The molecule has 1 aliphatic heterocycles. The molecule has 106 valence electrons. The Kier molecular flexibility index (Phi) is 5.69. The summed E-state index contributed by atoms with van der Waals surface area (Å²) in [6, 6.07) is 0. The van der Waals surface area contributed by atoms with E-state index < -0.39 is 0 Å². The highest BCUT2D eigenvalue weighted by Crippen LogP contribution is 2.22. The van der Waals surface area contributed by atoms with Crippen LogP contribution in [0.3, 0.4) is 0 Å². The number of unbranched alkanes of at least 4 members (excludes halogenated alkanes) is 2. The maximum Gasteiger partial charge on any atom is 0.231 e.